The Kier molecular flexibility index (Phi) is 9.14. The second-order valence-electron chi connectivity index (χ2n) is 10.4. The smallest absolute Gasteiger partial charge is 0.357 e. The largest absolute Gasteiger partial charge is 0.461 e. The molecule has 0 amide bonds. The zero-order valence-corrected chi connectivity index (χ0v) is 22.7. The summed E-state index contributed by atoms with van der Waals surface area (Å²) in [6, 6.07) is 6.49. The molecule has 4 rings (SSSR count). The standard InChI is InChI=1S/C29H41N5O3/c1-5-37-29(35)24-17-23(20-11-12-25(31-18-20)34(4)22-13-15-36-16-14-22)26(27(30)19(2)3)28(33-24)32-21-9-7-6-8-10-21/h11-12,17-19,21-22,30H,5-10,13-16H2,1-4H3,(H,32,33). The lowest BCUT2D eigenvalue weighted by Gasteiger charge is -2.32. The van der Waals surface area contributed by atoms with Gasteiger partial charge in [0.1, 0.15) is 11.6 Å². The third-order valence-electron chi connectivity index (χ3n) is 7.46. The Hall–Kier alpha value is -3.00. The van der Waals surface area contributed by atoms with Crippen molar-refractivity contribution in [1.82, 2.24) is 9.97 Å². The van der Waals surface area contributed by atoms with E-state index in [0.29, 0.717) is 17.6 Å². The van der Waals surface area contributed by atoms with Crippen LogP contribution in [-0.4, -0.2) is 60.6 Å². The van der Waals surface area contributed by atoms with E-state index in [2.05, 4.69) is 17.3 Å². The van der Waals surface area contributed by atoms with Gasteiger partial charge >= 0.3 is 5.97 Å². The first kappa shape index (κ1) is 27.0. The molecule has 2 aliphatic rings. The molecule has 2 aromatic rings. The zero-order chi connectivity index (χ0) is 26.4. The van der Waals surface area contributed by atoms with Gasteiger partial charge in [-0.25, -0.2) is 14.8 Å². The predicted molar refractivity (Wildman–Crippen MR) is 148 cm³/mol. The summed E-state index contributed by atoms with van der Waals surface area (Å²) in [6.45, 7) is 7.65. The minimum absolute atomic E-state index is 0.00668. The number of nitrogens with one attached hydrogen (secondary N) is 2. The van der Waals surface area contributed by atoms with E-state index in [9.17, 15) is 4.79 Å². The van der Waals surface area contributed by atoms with Crippen LogP contribution in [0.2, 0.25) is 0 Å². The highest BCUT2D eigenvalue weighted by molar-refractivity contribution is 6.10. The lowest BCUT2D eigenvalue weighted by Crippen LogP contribution is -2.37. The van der Waals surface area contributed by atoms with Gasteiger partial charge in [-0.05, 0) is 62.3 Å². The van der Waals surface area contributed by atoms with Crippen LogP contribution in [0, 0.1) is 11.3 Å². The summed E-state index contributed by atoms with van der Waals surface area (Å²) in [7, 11) is 2.08. The van der Waals surface area contributed by atoms with Gasteiger partial charge in [-0.15, -0.1) is 0 Å². The molecule has 37 heavy (non-hydrogen) atoms. The molecule has 2 N–H and O–H groups in total. The number of hydrogen-bond acceptors (Lipinski definition) is 8. The fourth-order valence-corrected chi connectivity index (χ4v) is 5.20. The number of aromatic nitrogens is 2. The van der Waals surface area contributed by atoms with Crippen molar-refractivity contribution in [3.05, 3.63) is 35.7 Å². The van der Waals surface area contributed by atoms with Crippen molar-refractivity contribution in [3.8, 4) is 11.1 Å². The van der Waals surface area contributed by atoms with Gasteiger partial charge in [-0.1, -0.05) is 33.1 Å². The molecule has 0 radical (unpaired) electrons. The first-order chi connectivity index (χ1) is 17.9. The van der Waals surface area contributed by atoms with E-state index >= 15 is 0 Å². The molecule has 3 heterocycles. The second kappa shape index (κ2) is 12.5. The summed E-state index contributed by atoms with van der Waals surface area (Å²) in [5.74, 6) is 1.03. The number of anilines is 2. The summed E-state index contributed by atoms with van der Waals surface area (Å²) in [5, 5.41) is 12.6. The van der Waals surface area contributed by atoms with Crippen molar-refractivity contribution in [3.63, 3.8) is 0 Å². The summed E-state index contributed by atoms with van der Waals surface area (Å²) >= 11 is 0. The molecule has 0 atom stereocenters. The molecule has 1 aliphatic carbocycles. The van der Waals surface area contributed by atoms with Gasteiger partial charge in [0.05, 0.1) is 6.61 Å². The molecule has 0 unspecified atom stereocenters. The Balaban J connectivity index is 1.76. The van der Waals surface area contributed by atoms with Crippen molar-refractivity contribution in [2.75, 3.05) is 37.1 Å². The van der Waals surface area contributed by atoms with Gasteiger partial charge in [-0.3, -0.25) is 0 Å². The highest BCUT2D eigenvalue weighted by Gasteiger charge is 2.26. The number of carbonyl (C=O) groups excluding carboxylic acids is 1. The fraction of sp³-hybridized carbons (Fsp3) is 0.586. The minimum Gasteiger partial charge on any atom is -0.461 e. The molecule has 2 aromatic heterocycles. The molecule has 0 spiro atoms. The third-order valence-corrected chi connectivity index (χ3v) is 7.46. The van der Waals surface area contributed by atoms with Gasteiger partial charge in [0, 0.05) is 55.4 Å². The van der Waals surface area contributed by atoms with Crippen LogP contribution in [-0.2, 0) is 9.47 Å². The molecule has 0 bridgehead atoms. The van der Waals surface area contributed by atoms with E-state index in [4.69, 9.17) is 24.9 Å². The third kappa shape index (κ3) is 6.47. The molecule has 0 aromatic carbocycles. The van der Waals surface area contributed by atoms with E-state index in [1.54, 1.807) is 13.0 Å². The monoisotopic (exact) mass is 507 g/mol. The first-order valence-electron chi connectivity index (χ1n) is 13.7. The van der Waals surface area contributed by atoms with Crippen LogP contribution in [0.25, 0.3) is 11.1 Å². The number of rotatable bonds is 9. The molecule has 8 nitrogen and oxygen atoms in total. The van der Waals surface area contributed by atoms with Gasteiger partial charge in [0.25, 0.3) is 0 Å². The van der Waals surface area contributed by atoms with Gasteiger partial charge in [0.15, 0.2) is 5.69 Å². The van der Waals surface area contributed by atoms with E-state index in [1.165, 1.54) is 19.3 Å². The number of carbonyl (C=O) groups is 1. The van der Waals surface area contributed by atoms with Crippen LogP contribution >= 0.6 is 0 Å². The van der Waals surface area contributed by atoms with E-state index in [0.717, 1.165) is 61.4 Å². The quantitative estimate of drug-likeness (QED) is 0.331. The SMILES string of the molecule is CCOC(=O)c1cc(-c2ccc(N(C)C3CCOCC3)nc2)c(C(=N)C(C)C)c(NC2CCCCC2)n1. The van der Waals surface area contributed by atoms with Crippen LogP contribution in [0.1, 0.15) is 81.8 Å². The highest BCUT2D eigenvalue weighted by atomic mass is 16.5. The average molecular weight is 508 g/mol. The Morgan fingerprint density at radius 3 is 2.54 bits per heavy atom. The first-order valence-corrected chi connectivity index (χ1v) is 13.7. The minimum atomic E-state index is -0.457. The van der Waals surface area contributed by atoms with Gasteiger partial charge < -0.3 is 25.1 Å². The Morgan fingerprint density at radius 1 is 1.19 bits per heavy atom. The molecule has 8 heteroatoms. The van der Waals surface area contributed by atoms with Gasteiger partial charge in [-0.2, -0.15) is 0 Å². The summed E-state index contributed by atoms with van der Waals surface area (Å²) in [4.78, 5) is 24.5. The van der Waals surface area contributed by atoms with Crippen molar-refractivity contribution < 1.29 is 14.3 Å². The van der Waals surface area contributed by atoms with Crippen molar-refractivity contribution in [2.24, 2.45) is 5.92 Å². The molecular weight excluding hydrogens is 466 g/mol. The predicted octanol–water partition coefficient (Wildman–Crippen LogP) is 5.70. The van der Waals surface area contributed by atoms with Crippen molar-refractivity contribution >= 4 is 23.3 Å². The molecule has 1 saturated carbocycles. The molecule has 1 aliphatic heterocycles. The topological polar surface area (TPSA) is 100 Å². The molecular formula is C29H41N5O3. The fourth-order valence-electron chi connectivity index (χ4n) is 5.20. The lowest BCUT2D eigenvalue weighted by atomic mass is 9.91. The number of ether oxygens (including phenoxy) is 2. The van der Waals surface area contributed by atoms with Crippen LogP contribution in [0.15, 0.2) is 24.4 Å². The molecule has 1 saturated heterocycles. The number of pyridine rings is 2. The number of esters is 1. The zero-order valence-electron chi connectivity index (χ0n) is 22.7. The average Bonchev–Trinajstić information content (AvgIpc) is 2.93. The normalized spacial score (nSPS) is 17.0. The van der Waals surface area contributed by atoms with E-state index in [-0.39, 0.29) is 24.3 Å². The summed E-state index contributed by atoms with van der Waals surface area (Å²) in [6.07, 6.45) is 9.52. The Morgan fingerprint density at radius 2 is 1.92 bits per heavy atom. The van der Waals surface area contributed by atoms with Crippen molar-refractivity contribution in [1.29, 1.82) is 5.41 Å². The highest BCUT2D eigenvalue weighted by Crippen LogP contribution is 2.34. The number of hydrogen-bond donors (Lipinski definition) is 2. The lowest BCUT2D eigenvalue weighted by molar-refractivity contribution is 0.0519. The maximum atomic E-state index is 12.8. The summed E-state index contributed by atoms with van der Waals surface area (Å²) in [5.41, 5.74) is 3.10. The molecule has 2 fully saturated rings. The van der Waals surface area contributed by atoms with Crippen LogP contribution in [0.4, 0.5) is 11.6 Å². The van der Waals surface area contributed by atoms with E-state index < -0.39 is 5.97 Å². The van der Waals surface area contributed by atoms with Crippen molar-refractivity contribution in [2.45, 2.75) is 77.8 Å². The summed E-state index contributed by atoms with van der Waals surface area (Å²) < 4.78 is 10.8. The van der Waals surface area contributed by atoms with E-state index in [1.807, 2.05) is 32.2 Å². The maximum Gasteiger partial charge on any atom is 0.357 e. The molecule has 200 valence electrons. The maximum absolute atomic E-state index is 12.8. The Bertz CT molecular complexity index is 1070. The van der Waals surface area contributed by atoms with Crippen LogP contribution < -0.4 is 10.2 Å². The van der Waals surface area contributed by atoms with Gasteiger partial charge in [0.2, 0.25) is 0 Å². The second-order valence-corrected chi connectivity index (χ2v) is 10.4. The Labute approximate surface area is 220 Å². The van der Waals surface area contributed by atoms with Crippen LogP contribution in [0.5, 0.6) is 0 Å². The number of nitrogens with zero attached hydrogens (tertiary/aromatic N) is 3. The van der Waals surface area contributed by atoms with Crippen LogP contribution in [0.3, 0.4) is 0 Å².